The van der Waals surface area contributed by atoms with Crippen molar-refractivity contribution in [2.45, 2.75) is 27.2 Å². The Morgan fingerprint density at radius 3 is 2.45 bits per heavy atom. The summed E-state index contributed by atoms with van der Waals surface area (Å²) >= 11 is 0. The highest BCUT2D eigenvalue weighted by Crippen LogP contribution is 2.19. The Bertz CT molecular complexity index is 689. The summed E-state index contributed by atoms with van der Waals surface area (Å²) in [7, 11) is 0. The fraction of sp³-hybridized carbons (Fsp3) is 0.294. The molecule has 5 nitrogen and oxygen atoms in total. The van der Waals surface area contributed by atoms with Crippen LogP contribution < -0.4 is 10.6 Å². The van der Waals surface area contributed by atoms with Crippen LogP contribution in [0.25, 0.3) is 0 Å². The zero-order chi connectivity index (χ0) is 16.1. The zero-order valence-electron chi connectivity index (χ0n) is 13.0. The monoisotopic (exact) mass is 300 g/mol. The lowest BCUT2D eigenvalue weighted by molar-refractivity contribution is 0.0954. The summed E-state index contributed by atoms with van der Waals surface area (Å²) in [6.07, 6.45) is 0.855. The van der Waals surface area contributed by atoms with E-state index in [1.54, 1.807) is 44.2 Å². The van der Waals surface area contributed by atoms with Gasteiger partial charge in [-0.1, -0.05) is 19.1 Å². The van der Waals surface area contributed by atoms with Crippen molar-refractivity contribution in [3.63, 3.8) is 0 Å². The van der Waals surface area contributed by atoms with E-state index in [1.165, 1.54) is 0 Å². The van der Waals surface area contributed by atoms with Gasteiger partial charge in [-0.25, -0.2) is 0 Å². The Labute approximate surface area is 129 Å². The number of rotatable bonds is 5. The first-order chi connectivity index (χ1) is 10.5. The van der Waals surface area contributed by atoms with E-state index in [0.717, 1.165) is 6.42 Å². The van der Waals surface area contributed by atoms with Crippen molar-refractivity contribution in [3.05, 3.63) is 53.0 Å². The molecule has 0 saturated heterocycles. The average molecular weight is 300 g/mol. The van der Waals surface area contributed by atoms with E-state index >= 15 is 0 Å². The minimum Gasteiger partial charge on any atom is -0.466 e. The van der Waals surface area contributed by atoms with Gasteiger partial charge in [0.1, 0.15) is 11.5 Å². The van der Waals surface area contributed by atoms with Crippen LogP contribution in [0.1, 0.15) is 45.6 Å². The van der Waals surface area contributed by atoms with Crippen LogP contribution in [0, 0.1) is 13.8 Å². The van der Waals surface area contributed by atoms with Gasteiger partial charge in [-0.3, -0.25) is 9.59 Å². The van der Waals surface area contributed by atoms with Crippen molar-refractivity contribution in [2.75, 3.05) is 11.9 Å². The van der Waals surface area contributed by atoms with E-state index in [1.807, 2.05) is 6.92 Å². The number of aryl methyl sites for hydroxylation is 2. The van der Waals surface area contributed by atoms with Gasteiger partial charge in [-0.15, -0.1) is 0 Å². The molecule has 0 aliphatic rings. The molecule has 0 bridgehead atoms. The maximum Gasteiger partial charge on any atom is 0.259 e. The van der Waals surface area contributed by atoms with E-state index in [4.69, 9.17) is 4.42 Å². The molecule has 0 atom stereocenters. The summed E-state index contributed by atoms with van der Waals surface area (Å²) < 4.78 is 5.36. The lowest BCUT2D eigenvalue weighted by Crippen LogP contribution is -2.25. The van der Waals surface area contributed by atoms with Crippen LogP contribution in [0.15, 0.2) is 34.7 Å². The van der Waals surface area contributed by atoms with E-state index in [-0.39, 0.29) is 11.8 Å². The van der Waals surface area contributed by atoms with Gasteiger partial charge in [0.15, 0.2) is 0 Å². The summed E-state index contributed by atoms with van der Waals surface area (Å²) in [5.41, 5.74) is 1.41. The number of carbonyl (C=O) groups excluding carboxylic acids is 2. The molecule has 0 spiro atoms. The molecule has 0 aliphatic carbocycles. The molecule has 0 fully saturated rings. The predicted octanol–water partition coefficient (Wildman–Crippen LogP) is 3.29. The maximum atomic E-state index is 12.3. The molecule has 0 aliphatic heterocycles. The Morgan fingerprint density at radius 1 is 1.09 bits per heavy atom. The van der Waals surface area contributed by atoms with E-state index in [0.29, 0.717) is 34.9 Å². The molecular formula is C17H20N2O3. The third-order valence-electron chi connectivity index (χ3n) is 3.24. The average Bonchev–Trinajstić information content (AvgIpc) is 2.84. The van der Waals surface area contributed by atoms with Crippen molar-refractivity contribution in [1.82, 2.24) is 5.32 Å². The molecule has 2 rings (SSSR count). The van der Waals surface area contributed by atoms with Crippen LogP contribution in [0.5, 0.6) is 0 Å². The number of hydrogen-bond donors (Lipinski definition) is 2. The second-order valence-corrected chi connectivity index (χ2v) is 5.08. The number of benzene rings is 1. The number of hydrogen-bond acceptors (Lipinski definition) is 3. The maximum absolute atomic E-state index is 12.3. The van der Waals surface area contributed by atoms with Crippen LogP contribution in [0.2, 0.25) is 0 Å². The molecule has 2 N–H and O–H groups in total. The molecule has 0 saturated carbocycles. The van der Waals surface area contributed by atoms with Crippen LogP contribution in [-0.2, 0) is 0 Å². The molecule has 22 heavy (non-hydrogen) atoms. The summed E-state index contributed by atoms with van der Waals surface area (Å²) in [6, 6.07) is 8.63. The normalized spacial score (nSPS) is 10.3. The Hall–Kier alpha value is -2.56. The predicted molar refractivity (Wildman–Crippen MR) is 85.2 cm³/mol. The number of carbonyl (C=O) groups is 2. The van der Waals surface area contributed by atoms with Crippen molar-refractivity contribution in [2.24, 2.45) is 0 Å². The fourth-order valence-electron chi connectivity index (χ4n) is 2.17. The summed E-state index contributed by atoms with van der Waals surface area (Å²) in [5.74, 6) is 0.752. The van der Waals surface area contributed by atoms with Gasteiger partial charge in [0, 0.05) is 6.54 Å². The second kappa shape index (κ2) is 6.93. The SMILES string of the molecule is CCCNC(=O)c1ccccc1NC(=O)c1cc(C)oc1C. The van der Waals surface area contributed by atoms with Gasteiger partial charge >= 0.3 is 0 Å². The highest BCUT2D eigenvalue weighted by atomic mass is 16.3. The number of nitrogens with one attached hydrogen (secondary N) is 2. The third-order valence-corrected chi connectivity index (χ3v) is 3.24. The molecule has 1 aromatic carbocycles. The highest BCUT2D eigenvalue weighted by molar-refractivity contribution is 6.09. The standard InChI is InChI=1S/C17H20N2O3/c1-4-9-18-16(20)13-7-5-6-8-15(13)19-17(21)14-10-11(2)22-12(14)3/h5-8,10H,4,9H2,1-3H3,(H,18,20)(H,19,21). The zero-order valence-corrected chi connectivity index (χ0v) is 13.0. The smallest absolute Gasteiger partial charge is 0.259 e. The minimum absolute atomic E-state index is 0.196. The molecule has 0 unspecified atom stereocenters. The molecule has 2 aromatic rings. The Morgan fingerprint density at radius 2 is 1.82 bits per heavy atom. The summed E-state index contributed by atoms with van der Waals surface area (Å²) in [6.45, 7) is 6.11. The number of anilines is 1. The lowest BCUT2D eigenvalue weighted by Gasteiger charge is -2.10. The minimum atomic E-state index is -0.287. The van der Waals surface area contributed by atoms with Crippen molar-refractivity contribution in [1.29, 1.82) is 0 Å². The van der Waals surface area contributed by atoms with Crippen molar-refractivity contribution in [3.8, 4) is 0 Å². The van der Waals surface area contributed by atoms with Gasteiger partial charge in [0.2, 0.25) is 0 Å². The van der Waals surface area contributed by atoms with E-state index in [2.05, 4.69) is 10.6 Å². The second-order valence-electron chi connectivity index (χ2n) is 5.08. The Kier molecular flexibility index (Phi) is 4.99. The highest BCUT2D eigenvalue weighted by Gasteiger charge is 2.17. The first-order valence-corrected chi connectivity index (χ1v) is 7.28. The van der Waals surface area contributed by atoms with E-state index in [9.17, 15) is 9.59 Å². The fourth-order valence-corrected chi connectivity index (χ4v) is 2.17. The van der Waals surface area contributed by atoms with Gasteiger partial charge in [-0.05, 0) is 38.5 Å². The third kappa shape index (κ3) is 3.55. The van der Waals surface area contributed by atoms with Crippen LogP contribution in [0.4, 0.5) is 5.69 Å². The van der Waals surface area contributed by atoms with Crippen LogP contribution in [-0.4, -0.2) is 18.4 Å². The van der Waals surface area contributed by atoms with Crippen molar-refractivity contribution < 1.29 is 14.0 Å². The Balaban J connectivity index is 2.21. The van der Waals surface area contributed by atoms with Gasteiger partial charge in [-0.2, -0.15) is 0 Å². The first kappa shape index (κ1) is 15.8. The van der Waals surface area contributed by atoms with E-state index < -0.39 is 0 Å². The van der Waals surface area contributed by atoms with Crippen LogP contribution >= 0.6 is 0 Å². The summed E-state index contributed by atoms with van der Waals surface area (Å²) in [5, 5.41) is 5.59. The molecular weight excluding hydrogens is 280 g/mol. The molecule has 1 aromatic heterocycles. The molecule has 2 amide bonds. The van der Waals surface area contributed by atoms with Crippen LogP contribution in [0.3, 0.4) is 0 Å². The van der Waals surface area contributed by atoms with Gasteiger partial charge < -0.3 is 15.1 Å². The molecule has 5 heteroatoms. The molecule has 1 heterocycles. The van der Waals surface area contributed by atoms with Gasteiger partial charge in [0.25, 0.3) is 11.8 Å². The number of amides is 2. The molecule has 116 valence electrons. The molecule has 0 radical (unpaired) electrons. The van der Waals surface area contributed by atoms with Gasteiger partial charge in [0.05, 0.1) is 16.8 Å². The largest absolute Gasteiger partial charge is 0.466 e. The quantitative estimate of drug-likeness (QED) is 0.890. The number of furan rings is 1. The summed E-state index contributed by atoms with van der Waals surface area (Å²) in [4.78, 5) is 24.5. The van der Waals surface area contributed by atoms with Crippen molar-refractivity contribution >= 4 is 17.5 Å². The topological polar surface area (TPSA) is 71.3 Å². The number of para-hydroxylation sites is 1. The lowest BCUT2D eigenvalue weighted by atomic mass is 10.1. The first-order valence-electron chi connectivity index (χ1n) is 7.28.